The number of amides is 2. The second-order valence-electron chi connectivity index (χ2n) is 4.40. The van der Waals surface area contributed by atoms with E-state index >= 15 is 0 Å². The van der Waals surface area contributed by atoms with Crippen LogP contribution in [0.15, 0.2) is 0 Å². The van der Waals surface area contributed by atoms with Crippen LogP contribution in [-0.4, -0.2) is 35.3 Å². The molecule has 1 aliphatic carbocycles. The summed E-state index contributed by atoms with van der Waals surface area (Å²) in [5.41, 5.74) is 10.6. The lowest BCUT2D eigenvalue weighted by Crippen LogP contribution is -2.51. The Kier molecular flexibility index (Phi) is 4.73. The molecule has 2 amide bonds. The molecule has 0 spiro atoms. The average Bonchev–Trinajstić information content (AvgIpc) is 2.68. The summed E-state index contributed by atoms with van der Waals surface area (Å²) in [5.74, 6) is -0.762. The van der Waals surface area contributed by atoms with E-state index in [0.29, 0.717) is 6.42 Å². The van der Waals surface area contributed by atoms with Crippen LogP contribution in [-0.2, 0) is 9.59 Å². The normalized spacial score (nSPS) is 18.9. The minimum absolute atomic E-state index is 0.131. The maximum Gasteiger partial charge on any atom is 0.234 e. The van der Waals surface area contributed by atoms with E-state index in [0.717, 1.165) is 25.7 Å². The van der Waals surface area contributed by atoms with Crippen LogP contribution in [0.3, 0.4) is 0 Å². The van der Waals surface area contributed by atoms with Crippen molar-refractivity contribution < 1.29 is 9.59 Å². The highest BCUT2D eigenvalue weighted by molar-refractivity contribution is 5.81. The van der Waals surface area contributed by atoms with E-state index in [1.54, 1.807) is 0 Å². The van der Waals surface area contributed by atoms with Crippen LogP contribution in [0.4, 0.5) is 0 Å². The number of nitrogens with two attached hydrogens (primary N) is 2. The molecule has 4 N–H and O–H groups in total. The zero-order chi connectivity index (χ0) is 12.1. The maximum atomic E-state index is 11.3. The topological polar surface area (TPSA) is 89.4 Å². The Morgan fingerprint density at radius 1 is 1.31 bits per heavy atom. The zero-order valence-corrected chi connectivity index (χ0v) is 9.82. The van der Waals surface area contributed by atoms with Crippen molar-refractivity contribution in [3.8, 4) is 0 Å². The molecule has 0 radical (unpaired) electrons. The van der Waals surface area contributed by atoms with Crippen LogP contribution in [0.1, 0.15) is 39.0 Å². The van der Waals surface area contributed by atoms with Crippen LogP contribution >= 0.6 is 0 Å². The highest BCUT2D eigenvalue weighted by atomic mass is 16.2. The number of hydrogen-bond acceptors (Lipinski definition) is 3. The van der Waals surface area contributed by atoms with Gasteiger partial charge in [0.1, 0.15) is 0 Å². The maximum absolute atomic E-state index is 11.3. The van der Waals surface area contributed by atoms with Crippen LogP contribution < -0.4 is 11.5 Å². The largest absolute Gasteiger partial charge is 0.369 e. The Hall–Kier alpha value is -1.10. The van der Waals surface area contributed by atoms with Crippen molar-refractivity contribution in [2.75, 3.05) is 6.54 Å². The third kappa shape index (κ3) is 3.20. The second kappa shape index (κ2) is 5.84. The molecule has 0 aromatic heterocycles. The van der Waals surface area contributed by atoms with Crippen molar-refractivity contribution in [2.45, 2.75) is 51.1 Å². The molecule has 1 rings (SSSR count). The fourth-order valence-electron chi connectivity index (χ4n) is 2.51. The second-order valence-corrected chi connectivity index (χ2v) is 4.40. The van der Waals surface area contributed by atoms with Gasteiger partial charge in [0, 0.05) is 6.04 Å². The first kappa shape index (κ1) is 13.0. The summed E-state index contributed by atoms with van der Waals surface area (Å²) < 4.78 is 0. The predicted octanol–water partition coefficient (Wildman–Crippen LogP) is -0.0198. The van der Waals surface area contributed by atoms with E-state index in [-0.39, 0.29) is 24.5 Å². The van der Waals surface area contributed by atoms with E-state index in [9.17, 15) is 9.59 Å². The Morgan fingerprint density at radius 2 is 1.88 bits per heavy atom. The van der Waals surface area contributed by atoms with Gasteiger partial charge in [-0.3, -0.25) is 14.5 Å². The first-order chi connectivity index (χ1) is 7.56. The van der Waals surface area contributed by atoms with Crippen molar-refractivity contribution in [1.29, 1.82) is 0 Å². The van der Waals surface area contributed by atoms with Gasteiger partial charge in [-0.1, -0.05) is 19.8 Å². The van der Waals surface area contributed by atoms with Crippen molar-refractivity contribution in [1.82, 2.24) is 4.90 Å². The number of nitrogens with zero attached hydrogens (tertiary/aromatic N) is 1. The number of hydrogen-bond donors (Lipinski definition) is 2. The molecule has 1 saturated carbocycles. The SMILES string of the molecule is CCC(C(N)=O)N(CC(N)=O)C1CCCC1. The Balaban J connectivity index is 2.75. The van der Waals surface area contributed by atoms with Crippen LogP contribution in [0.25, 0.3) is 0 Å². The Labute approximate surface area is 96.1 Å². The quantitative estimate of drug-likeness (QED) is 0.668. The summed E-state index contributed by atoms with van der Waals surface area (Å²) in [5, 5.41) is 0. The molecule has 5 heteroatoms. The predicted molar refractivity (Wildman–Crippen MR) is 61.4 cm³/mol. The molecule has 1 fully saturated rings. The van der Waals surface area contributed by atoms with Crippen LogP contribution in [0, 0.1) is 0 Å². The lowest BCUT2D eigenvalue weighted by atomic mass is 10.1. The van der Waals surface area contributed by atoms with Gasteiger partial charge in [-0.15, -0.1) is 0 Å². The van der Waals surface area contributed by atoms with Gasteiger partial charge in [0.15, 0.2) is 0 Å². The minimum Gasteiger partial charge on any atom is -0.369 e. The number of rotatable bonds is 6. The molecule has 1 atom stereocenters. The molecule has 1 aliphatic rings. The third-order valence-electron chi connectivity index (χ3n) is 3.25. The molecule has 0 aliphatic heterocycles. The van der Waals surface area contributed by atoms with E-state index in [4.69, 9.17) is 11.5 Å². The van der Waals surface area contributed by atoms with Gasteiger partial charge in [0.05, 0.1) is 12.6 Å². The average molecular weight is 227 g/mol. The lowest BCUT2D eigenvalue weighted by molar-refractivity contribution is -0.127. The molecule has 16 heavy (non-hydrogen) atoms. The van der Waals surface area contributed by atoms with E-state index in [1.165, 1.54) is 0 Å². The first-order valence-corrected chi connectivity index (χ1v) is 5.89. The van der Waals surface area contributed by atoms with E-state index in [2.05, 4.69) is 0 Å². The van der Waals surface area contributed by atoms with Crippen molar-refractivity contribution in [3.63, 3.8) is 0 Å². The van der Waals surface area contributed by atoms with E-state index in [1.807, 2.05) is 11.8 Å². The minimum atomic E-state index is -0.397. The van der Waals surface area contributed by atoms with Gasteiger partial charge in [-0.05, 0) is 19.3 Å². The summed E-state index contributed by atoms with van der Waals surface area (Å²) >= 11 is 0. The van der Waals surface area contributed by atoms with Gasteiger partial charge < -0.3 is 11.5 Å². The molecule has 5 nitrogen and oxygen atoms in total. The summed E-state index contributed by atoms with van der Waals surface area (Å²) in [6, 6.07) is -0.0828. The monoisotopic (exact) mass is 227 g/mol. The van der Waals surface area contributed by atoms with Gasteiger partial charge in [0.2, 0.25) is 11.8 Å². The lowest BCUT2D eigenvalue weighted by Gasteiger charge is -2.33. The fourth-order valence-corrected chi connectivity index (χ4v) is 2.51. The molecule has 92 valence electrons. The summed E-state index contributed by atoms with van der Waals surface area (Å²) in [7, 11) is 0. The molecule has 0 saturated heterocycles. The first-order valence-electron chi connectivity index (χ1n) is 5.89. The van der Waals surface area contributed by atoms with Crippen molar-refractivity contribution in [3.05, 3.63) is 0 Å². The number of carbonyl (C=O) groups excluding carboxylic acids is 2. The molecule has 0 bridgehead atoms. The summed E-state index contributed by atoms with van der Waals surface area (Å²) in [6.07, 6.45) is 4.97. The van der Waals surface area contributed by atoms with Crippen molar-refractivity contribution >= 4 is 11.8 Å². The van der Waals surface area contributed by atoms with Gasteiger partial charge in [-0.2, -0.15) is 0 Å². The van der Waals surface area contributed by atoms with Gasteiger partial charge in [0.25, 0.3) is 0 Å². The summed E-state index contributed by atoms with van der Waals surface area (Å²) in [6.45, 7) is 2.03. The summed E-state index contributed by atoms with van der Waals surface area (Å²) in [4.78, 5) is 24.3. The van der Waals surface area contributed by atoms with Crippen LogP contribution in [0.2, 0.25) is 0 Å². The molecule has 1 unspecified atom stereocenters. The number of carbonyl (C=O) groups is 2. The Bertz CT molecular complexity index is 262. The van der Waals surface area contributed by atoms with Crippen molar-refractivity contribution in [2.24, 2.45) is 11.5 Å². The Morgan fingerprint density at radius 3 is 2.25 bits per heavy atom. The molecule has 0 aromatic rings. The molecular weight excluding hydrogens is 206 g/mol. The highest BCUT2D eigenvalue weighted by Gasteiger charge is 2.31. The van der Waals surface area contributed by atoms with Gasteiger partial charge in [-0.25, -0.2) is 0 Å². The molecular formula is C11H21N3O2. The zero-order valence-electron chi connectivity index (χ0n) is 9.82. The smallest absolute Gasteiger partial charge is 0.234 e. The fraction of sp³-hybridized carbons (Fsp3) is 0.818. The van der Waals surface area contributed by atoms with E-state index < -0.39 is 5.91 Å². The third-order valence-corrected chi connectivity index (χ3v) is 3.25. The highest BCUT2D eigenvalue weighted by Crippen LogP contribution is 2.25. The molecule has 0 aromatic carbocycles. The van der Waals surface area contributed by atoms with Crippen LogP contribution in [0.5, 0.6) is 0 Å². The number of primary amides is 2. The van der Waals surface area contributed by atoms with Gasteiger partial charge >= 0.3 is 0 Å². The molecule has 0 heterocycles. The standard InChI is InChI=1S/C11H21N3O2/c1-2-9(11(13)16)14(7-10(12)15)8-5-3-4-6-8/h8-9H,2-7H2,1H3,(H2,12,15)(H2,13,16).